The van der Waals surface area contributed by atoms with Crippen LogP contribution < -0.4 is 5.32 Å². The predicted octanol–water partition coefficient (Wildman–Crippen LogP) is 1.48. The summed E-state index contributed by atoms with van der Waals surface area (Å²) < 4.78 is 5.28. The maximum Gasteiger partial charge on any atom is 0.273 e. The molecule has 1 aliphatic rings. The number of aromatic amines is 1. The number of amides is 1. The van der Waals surface area contributed by atoms with Gasteiger partial charge in [-0.1, -0.05) is 17.3 Å². The zero-order valence-corrected chi connectivity index (χ0v) is 15.0. The highest BCUT2D eigenvalue weighted by molar-refractivity contribution is 5.92. The molecule has 0 aliphatic carbocycles. The Morgan fingerprint density at radius 2 is 2.30 bits per heavy atom. The van der Waals surface area contributed by atoms with E-state index in [1.807, 2.05) is 24.3 Å². The van der Waals surface area contributed by atoms with Gasteiger partial charge < -0.3 is 19.9 Å². The first kappa shape index (κ1) is 17.7. The van der Waals surface area contributed by atoms with Crippen molar-refractivity contribution in [3.63, 3.8) is 0 Å². The van der Waals surface area contributed by atoms with Crippen LogP contribution in [0.3, 0.4) is 0 Å². The van der Waals surface area contributed by atoms with Crippen LogP contribution in [0.4, 0.5) is 0 Å². The number of para-hydroxylation sites is 2. The number of aliphatic hydroxyl groups excluding tert-OH is 1. The fourth-order valence-electron chi connectivity index (χ4n) is 3.40. The van der Waals surface area contributed by atoms with Crippen LogP contribution in [0.1, 0.15) is 34.9 Å². The van der Waals surface area contributed by atoms with Gasteiger partial charge >= 0.3 is 0 Å². The number of aromatic nitrogens is 3. The molecule has 142 valence electrons. The first-order valence-corrected chi connectivity index (χ1v) is 9.25. The second kappa shape index (κ2) is 7.89. The quantitative estimate of drug-likeness (QED) is 0.608. The lowest BCUT2D eigenvalue weighted by Crippen LogP contribution is -2.37. The van der Waals surface area contributed by atoms with Crippen molar-refractivity contribution in [3.8, 4) is 0 Å². The number of likely N-dealkylation sites (tertiary alicyclic amines) is 1. The van der Waals surface area contributed by atoms with Gasteiger partial charge in [0.25, 0.3) is 5.91 Å². The van der Waals surface area contributed by atoms with Crippen molar-refractivity contribution in [2.75, 3.05) is 19.6 Å². The number of fused-ring (bicyclic) bond motifs is 1. The summed E-state index contributed by atoms with van der Waals surface area (Å²) in [5.41, 5.74) is 2.18. The fourth-order valence-corrected chi connectivity index (χ4v) is 3.40. The van der Waals surface area contributed by atoms with Gasteiger partial charge in [0, 0.05) is 25.6 Å². The Morgan fingerprint density at radius 1 is 1.41 bits per heavy atom. The highest BCUT2D eigenvalue weighted by Gasteiger charge is 2.20. The van der Waals surface area contributed by atoms with Crippen molar-refractivity contribution in [1.82, 2.24) is 25.3 Å². The fraction of sp³-hybridized carbons (Fsp3) is 0.421. The molecule has 1 saturated heterocycles. The maximum absolute atomic E-state index is 12.2. The molecule has 8 nitrogen and oxygen atoms in total. The first-order chi connectivity index (χ1) is 13.2. The van der Waals surface area contributed by atoms with E-state index in [2.05, 4.69) is 25.3 Å². The average Bonchev–Trinajstić information content (AvgIpc) is 3.28. The van der Waals surface area contributed by atoms with Crippen molar-refractivity contribution in [3.05, 3.63) is 47.6 Å². The van der Waals surface area contributed by atoms with Gasteiger partial charge in [0.1, 0.15) is 5.82 Å². The van der Waals surface area contributed by atoms with Crippen molar-refractivity contribution < 1.29 is 14.4 Å². The zero-order chi connectivity index (χ0) is 18.6. The van der Waals surface area contributed by atoms with E-state index in [0.717, 1.165) is 36.2 Å². The summed E-state index contributed by atoms with van der Waals surface area (Å²) in [4.78, 5) is 22.1. The molecule has 1 fully saturated rings. The van der Waals surface area contributed by atoms with Gasteiger partial charge in [-0.15, -0.1) is 0 Å². The lowest BCUT2D eigenvalue weighted by Gasteiger charge is -2.28. The molecule has 1 aliphatic heterocycles. The van der Waals surface area contributed by atoms with E-state index in [-0.39, 0.29) is 17.7 Å². The van der Waals surface area contributed by atoms with Crippen LogP contribution in [0, 0.1) is 0 Å². The standard InChI is InChI=1S/C19H23N5O3/c25-13-4-3-9-24(11-13)12-14-10-17(23-27-14)19(26)20-8-7-18-21-15-5-1-2-6-16(15)22-18/h1-2,5-6,10,13,25H,3-4,7-9,11-12H2,(H,20,26)(H,21,22). The van der Waals surface area contributed by atoms with Gasteiger partial charge in [-0.2, -0.15) is 0 Å². The Kier molecular flexibility index (Phi) is 5.17. The van der Waals surface area contributed by atoms with Gasteiger partial charge in [0.15, 0.2) is 11.5 Å². The van der Waals surface area contributed by atoms with Crippen LogP contribution in [0.25, 0.3) is 11.0 Å². The first-order valence-electron chi connectivity index (χ1n) is 9.25. The molecule has 0 radical (unpaired) electrons. The van der Waals surface area contributed by atoms with Gasteiger partial charge in [-0.3, -0.25) is 9.69 Å². The minimum absolute atomic E-state index is 0.264. The van der Waals surface area contributed by atoms with Gasteiger partial charge in [-0.05, 0) is 31.5 Å². The molecular formula is C19H23N5O3. The molecule has 8 heteroatoms. The van der Waals surface area contributed by atoms with E-state index in [0.29, 0.717) is 31.8 Å². The number of benzene rings is 1. The molecule has 2 aromatic heterocycles. The Labute approximate surface area is 156 Å². The number of nitrogens with zero attached hydrogens (tertiary/aromatic N) is 3. The van der Waals surface area contributed by atoms with Crippen molar-refractivity contribution in [1.29, 1.82) is 0 Å². The minimum Gasteiger partial charge on any atom is -0.392 e. The Balaban J connectivity index is 1.27. The highest BCUT2D eigenvalue weighted by atomic mass is 16.5. The predicted molar refractivity (Wildman–Crippen MR) is 99.2 cm³/mol. The van der Waals surface area contributed by atoms with Crippen LogP contribution in [-0.4, -0.2) is 56.8 Å². The molecule has 1 aromatic carbocycles. The summed E-state index contributed by atoms with van der Waals surface area (Å²) in [7, 11) is 0. The van der Waals surface area contributed by atoms with E-state index < -0.39 is 0 Å². The molecule has 3 heterocycles. The number of β-amino-alcohol motifs (C(OH)–C–C–N with tert-alkyl or cyclic N) is 1. The summed E-state index contributed by atoms with van der Waals surface area (Å²) in [6.45, 7) is 2.55. The highest BCUT2D eigenvalue weighted by Crippen LogP contribution is 2.14. The molecule has 0 saturated carbocycles. The zero-order valence-electron chi connectivity index (χ0n) is 15.0. The lowest BCUT2D eigenvalue weighted by molar-refractivity contribution is 0.0622. The van der Waals surface area contributed by atoms with Crippen molar-refractivity contribution in [2.45, 2.75) is 31.9 Å². The topological polar surface area (TPSA) is 107 Å². The summed E-state index contributed by atoms with van der Waals surface area (Å²) in [5.74, 6) is 1.20. The van der Waals surface area contributed by atoms with E-state index >= 15 is 0 Å². The Hall–Kier alpha value is -2.71. The number of carbonyl (C=O) groups excluding carboxylic acids is 1. The van der Waals surface area contributed by atoms with Crippen LogP contribution in [0.5, 0.6) is 0 Å². The molecule has 1 unspecified atom stereocenters. The van der Waals surface area contributed by atoms with E-state index in [1.165, 1.54) is 0 Å². The molecule has 3 aromatic rings. The lowest BCUT2D eigenvalue weighted by atomic mass is 10.1. The molecule has 0 bridgehead atoms. The van der Waals surface area contributed by atoms with Crippen molar-refractivity contribution >= 4 is 16.9 Å². The number of hydrogen-bond donors (Lipinski definition) is 3. The maximum atomic E-state index is 12.2. The number of aliphatic hydroxyl groups is 1. The molecule has 3 N–H and O–H groups in total. The van der Waals surface area contributed by atoms with Crippen LogP contribution in [0.2, 0.25) is 0 Å². The number of carbonyl (C=O) groups is 1. The molecular weight excluding hydrogens is 346 g/mol. The largest absolute Gasteiger partial charge is 0.392 e. The second-order valence-corrected chi connectivity index (χ2v) is 6.92. The normalized spacial score (nSPS) is 18.0. The SMILES string of the molecule is O=C(NCCc1nc2ccccc2[nH]1)c1cc(CN2CCCC(O)C2)on1. The van der Waals surface area contributed by atoms with Gasteiger partial charge in [0.2, 0.25) is 0 Å². The summed E-state index contributed by atoms with van der Waals surface area (Å²) >= 11 is 0. The summed E-state index contributed by atoms with van der Waals surface area (Å²) in [5, 5.41) is 16.4. The van der Waals surface area contributed by atoms with E-state index in [9.17, 15) is 9.90 Å². The molecule has 1 amide bonds. The average molecular weight is 369 g/mol. The summed E-state index contributed by atoms with van der Waals surface area (Å²) in [6.07, 6.45) is 2.12. The number of nitrogens with one attached hydrogen (secondary N) is 2. The summed E-state index contributed by atoms with van der Waals surface area (Å²) in [6, 6.07) is 9.49. The smallest absolute Gasteiger partial charge is 0.273 e. The number of H-pyrrole nitrogens is 1. The Morgan fingerprint density at radius 3 is 3.15 bits per heavy atom. The molecule has 27 heavy (non-hydrogen) atoms. The molecule has 4 rings (SSSR count). The number of hydrogen-bond acceptors (Lipinski definition) is 6. The third-order valence-electron chi connectivity index (χ3n) is 4.74. The van der Waals surface area contributed by atoms with Crippen LogP contribution in [0.15, 0.2) is 34.9 Å². The Bertz CT molecular complexity index is 886. The second-order valence-electron chi connectivity index (χ2n) is 6.92. The van der Waals surface area contributed by atoms with Gasteiger partial charge in [0.05, 0.1) is 23.7 Å². The number of piperidine rings is 1. The third-order valence-corrected chi connectivity index (χ3v) is 4.74. The minimum atomic E-state index is -0.289. The van der Waals surface area contributed by atoms with Gasteiger partial charge in [-0.25, -0.2) is 4.98 Å². The molecule has 0 spiro atoms. The van der Waals surface area contributed by atoms with Crippen LogP contribution >= 0.6 is 0 Å². The third kappa shape index (κ3) is 4.35. The van der Waals surface area contributed by atoms with E-state index in [1.54, 1.807) is 6.07 Å². The van der Waals surface area contributed by atoms with Crippen molar-refractivity contribution in [2.24, 2.45) is 0 Å². The number of rotatable bonds is 6. The number of imidazole rings is 1. The monoisotopic (exact) mass is 369 g/mol. The van der Waals surface area contributed by atoms with Crippen LogP contribution in [-0.2, 0) is 13.0 Å². The van der Waals surface area contributed by atoms with E-state index in [4.69, 9.17) is 4.52 Å². The molecule has 1 atom stereocenters.